The van der Waals surface area contributed by atoms with E-state index in [2.05, 4.69) is 9.97 Å². The van der Waals surface area contributed by atoms with Crippen molar-refractivity contribution in [1.82, 2.24) is 9.97 Å². The number of methoxy groups -OCH3 is 2. The molecule has 0 saturated heterocycles. The summed E-state index contributed by atoms with van der Waals surface area (Å²) in [6.07, 6.45) is 6.82. The number of nitrogen functional groups attached to an aromatic ring is 1. The summed E-state index contributed by atoms with van der Waals surface area (Å²) in [6, 6.07) is 15.9. The number of nitrogens with two attached hydrogens (primary N) is 1. The van der Waals surface area contributed by atoms with Gasteiger partial charge in [-0.3, -0.25) is 4.79 Å². The summed E-state index contributed by atoms with van der Waals surface area (Å²) in [5.74, 6) is -0.679. The van der Waals surface area contributed by atoms with E-state index < -0.39 is 17.4 Å². The summed E-state index contributed by atoms with van der Waals surface area (Å²) in [5.41, 5.74) is 8.94. The maximum Gasteiger partial charge on any atom is 0.200 e. The van der Waals surface area contributed by atoms with Crippen molar-refractivity contribution >= 4 is 11.6 Å². The van der Waals surface area contributed by atoms with E-state index in [1.807, 2.05) is 30.5 Å². The van der Waals surface area contributed by atoms with Gasteiger partial charge in [-0.05, 0) is 110 Å². The van der Waals surface area contributed by atoms with Crippen molar-refractivity contribution in [3.63, 3.8) is 0 Å². The molecule has 4 aromatic rings. The Kier molecular flexibility index (Phi) is 10.1. The van der Waals surface area contributed by atoms with Gasteiger partial charge in [0.2, 0.25) is 5.75 Å². The Bertz CT molecular complexity index is 1640. The summed E-state index contributed by atoms with van der Waals surface area (Å²) in [6.45, 7) is 0. The molecule has 1 saturated carbocycles. The highest BCUT2D eigenvalue weighted by Gasteiger charge is 2.54. The van der Waals surface area contributed by atoms with E-state index in [-0.39, 0.29) is 47.5 Å². The molecule has 1 fully saturated rings. The molecule has 0 radical (unpaired) electrons. The smallest absolute Gasteiger partial charge is 0.200 e. The normalized spacial score (nSPS) is 19.1. The second kappa shape index (κ2) is 14.2. The molecule has 10 nitrogen and oxygen atoms in total. The number of carbonyl (C=O) groups excluding carboxylic acids is 1. The van der Waals surface area contributed by atoms with Crippen LogP contribution in [-0.4, -0.2) is 56.5 Å². The zero-order valence-electron chi connectivity index (χ0n) is 26.3. The zero-order valence-corrected chi connectivity index (χ0v) is 26.3. The summed E-state index contributed by atoms with van der Waals surface area (Å²) >= 11 is 0. The van der Waals surface area contributed by atoms with E-state index in [1.54, 1.807) is 30.5 Å². The topological polar surface area (TPSA) is 171 Å². The largest absolute Gasteiger partial charge is 0.504 e. The van der Waals surface area contributed by atoms with Crippen LogP contribution in [0.25, 0.3) is 0 Å². The molecule has 0 amide bonds. The van der Waals surface area contributed by atoms with Crippen molar-refractivity contribution in [2.45, 2.75) is 62.9 Å². The maximum absolute atomic E-state index is 14.6. The average Bonchev–Trinajstić information content (AvgIpc) is 3.72. The number of aryl methyl sites for hydroxylation is 2. The van der Waals surface area contributed by atoms with E-state index in [0.717, 1.165) is 29.7 Å². The lowest BCUT2D eigenvalue weighted by Crippen LogP contribution is -2.49. The zero-order chi connectivity index (χ0) is 32.8. The minimum absolute atomic E-state index is 0.0307. The molecule has 7 N–H and O–H groups in total. The van der Waals surface area contributed by atoms with E-state index in [0.29, 0.717) is 42.8 Å². The number of aromatic amines is 1. The number of phenolic OH excluding ortho intramolecular Hbond substituents is 3. The average molecular weight is 630 g/mol. The first-order valence-electron chi connectivity index (χ1n) is 15.7. The van der Waals surface area contributed by atoms with Crippen molar-refractivity contribution < 1.29 is 34.7 Å². The Morgan fingerprint density at radius 2 is 1.80 bits per heavy atom. The van der Waals surface area contributed by atoms with Crippen molar-refractivity contribution in [2.75, 3.05) is 20.0 Å². The molecular weight excluding hydrogens is 586 g/mol. The Morgan fingerprint density at radius 1 is 1.02 bits per heavy atom. The van der Waals surface area contributed by atoms with Crippen molar-refractivity contribution in [3.05, 3.63) is 89.4 Å². The standard InChI is InChI=1S/C36H43N3O7/c1-45-31-18-22(7-10-27(31)40)8-11-28(41)34(29(42)12-9-23-17-30(43)35(44)32(19-23)46-2)36(25-13-16-39-33(37)21-25)14-3-5-24(36)20-26-6-4-15-38-26/h4,6-7,10,13,15-19,21,24,28,34,38,40-41,43-44H,3,5,8-9,11-12,14,20H2,1-2H3,(H2,37,39). The number of aromatic nitrogens is 2. The number of aliphatic hydroxyl groups excluding tert-OH is 1. The fourth-order valence-electron chi connectivity index (χ4n) is 7.43. The number of H-pyrrole nitrogens is 1. The lowest BCUT2D eigenvalue weighted by molar-refractivity contribution is -0.131. The van der Waals surface area contributed by atoms with E-state index >= 15 is 0 Å². The molecule has 5 rings (SSSR count). The van der Waals surface area contributed by atoms with Crippen LogP contribution >= 0.6 is 0 Å². The summed E-state index contributed by atoms with van der Waals surface area (Å²) < 4.78 is 10.5. The number of hydrogen-bond donors (Lipinski definition) is 6. The van der Waals surface area contributed by atoms with E-state index in [4.69, 9.17) is 15.2 Å². The fraction of sp³-hybridized carbons (Fsp3) is 0.389. The molecule has 2 aromatic heterocycles. The number of nitrogens with one attached hydrogen (secondary N) is 1. The second-order valence-corrected chi connectivity index (χ2v) is 12.2. The van der Waals surface area contributed by atoms with E-state index in [1.165, 1.54) is 20.3 Å². The van der Waals surface area contributed by atoms with Gasteiger partial charge in [0.25, 0.3) is 0 Å². The Hall–Kier alpha value is -4.70. The first-order chi connectivity index (χ1) is 22.2. The van der Waals surface area contributed by atoms with Crippen LogP contribution in [0.5, 0.6) is 28.7 Å². The molecule has 10 heteroatoms. The van der Waals surface area contributed by atoms with Crippen LogP contribution in [-0.2, 0) is 29.5 Å². The quantitative estimate of drug-likeness (QED) is 0.102. The first-order valence-corrected chi connectivity index (χ1v) is 15.7. The Morgan fingerprint density at radius 3 is 2.52 bits per heavy atom. The molecule has 46 heavy (non-hydrogen) atoms. The molecule has 244 valence electrons. The third-order valence-electron chi connectivity index (χ3n) is 9.57. The van der Waals surface area contributed by atoms with E-state index in [9.17, 15) is 25.2 Å². The fourth-order valence-corrected chi connectivity index (χ4v) is 7.43. The van der Waals surface area contributed by atoms with Crippen LogP contribution in [0.2, 0.25) is 0 Å². The predicted molar refractivity (Wildman–Crippen MR) is 174 cm³/mol. The third kappa shape index (κ3) is 6.77. The maximum atomic E-state index is 14.6. The molecule has 0 spiro atoms. The van der Waals surface area contributed by atoms with Gasteiger partial charge in [0.15, 0.2) is 23.0 Å². The minimum Gasteiger partial charge on any atom is -0.504 e. The van der Waals surface area contributed by atoms with Crippen LogP contribution in [0.4, 0.5) is 5.82 Å². The molecule has 1 aliphatic rings. The number of aromatic hydroxyl groups is 3. The number of ether oxygens (including phenoxy) is 2. The highest BCUT2D eigenvalue weighted by atomic mass is 16.5. The number of aliphatic hydroxyl groups is 1. The van der Waals surface area contributed by atoms with Crippen LogP contribution in [0, 0.1) is 11.8 Å². The van der Waals surface area contributed by atoms with Gasteiger partial charge < -0.3 is 40.6 Å². The Labute approximate surface area is 268 Å². The lowest BCUT2D eigenvalue weighted by Gasteiger charge is -2.44. The SMILES string of the molecule is COc1cc(CCC(O)C(C(=O)CCc2cc(O)c(O)c(OC)c2)C2(c3ccnc(N)c3)CCCC2Cc2ccc[nH]2)ccc1O. The van der Waals surface area contributed by atoms with Gasteiger partial charge in [0.1, 0.15) is 11.6 Å². The molecule has 0 aliphatic heterocycles. The van der Waals surface area contributed by atoms with Crippen LogP contribution in [0.1, 0.15) is 54.5 Å². The van der Waals surface area contributed by atoms with Gasteiger partial charge in [0, 0.05) is 29.9 Å². The van der Waals surface area contributed by atoms with Crippen molar-refractivity contribution in [3.8, 4) is 28.7 Å². The van der Waals surface area contributed by atoms with Gasteiger partial charge in [-0.1, -0.05) is 12.5 Å². The lowest BCUT2D eigenvalue weighted by atomic mass is 9.59. The van der Waals surface area contributed by atoms with Gasteiger partial charge >= 0.3 is 0 Å². The predicted octanol–water partition coefficient (Wildman–Crippen LogP) is 5.22. The summed E-state index contributed by atoms with van der Waals surface area (Å²) in [5, 5.41) is 42.6. The van der Waals surface area contributed by atoms with Gasteiger partial charge in [-0.2, -0.15) is 0 Å². The number of rotatable bonds is 14. The number of hydrogen-bond acceptors (Lipinski definition) is 9. The molecule has 0 bridgehead atoms. The van der Waals surface area contributed by atoms with Crippen LogP contribution in [0.3, 0.4) is 0 Å². The highest BCUT2D eigenvalue weighted by Crippen LogP contribution is 2.54. The van der Waals surface area contributed by atoms with Crippen LogP contribution in [0.15, 0.2) is 67.0 Å². The minimum atomic E-state index is -1.01. The number of anilines is 1. The third-order valence-corrected chi connectivity index (χ3v) is 9.57. The number of carbonyl (C=O) groups is 1. The second-order valence-electron chi connectivity index (χ2n) is 12.2. The van der Waals surface area contributed by atoms with Crippen molar-refractivity contribution in [2.24, 2.45) is 11.8 Å². The number of phenols is 3. The molecule has 4 unspecified atom stereocenters. The highest BCUT2D eigenvalue weighted by molar-refractivity contribution is 5.84. The number of Topliss-reactive ketones (excluding diaryl/α,β-unsaturated/α-hetero) is 1. The monoisotopic (exact) mass is 629 g/mol. The molecular formula is C36H43N3O7. The Balaban J connectivity index is 1.53. The number of pyridine rings is 1. The molecule has 2 aromatic carbocycles. The number of ketones is 1. The summed E-state index contributed by atoms with van der Waals surface area (Å²) in [7, 11) is 2.88. The van der Waals surface area contributed by atoms with Crippen LogP contribution < -0.4 is 15.2 Å². The van der Waals surface area contributed by atoms with Gasteiger partial charge in [-0.25, -0.2) is 4.98 Å². The van der Waals surface area contributed by atoms with Gasteiger partial charge in [0.05, 0.1) is 26.2 Å². The first kappa shape index (κ1) is 32.7. The van der Waals surface area contributed by atoms with Gasteiger partial charge in [-0.15, -0.1) is 0 Å². The molecule has 1 aliphatic carbocycles. The number of benzene rings is 2. The summed E-state index contributed by atoms with van der Waals surface area (Å²) in [4.78, 5) is 22.2. The molecule has 2 heterocycles. The molecule has 4 atom stereocenters. The van der Waals surface area contributed by atoms with Crippen molar-refractivity contribution in [1.29, 1.82) is 0 Å². The number of nitrogens with zero attached hydrogens (tertiary/aromatic N) is 1.